The molecule has 1 fully saturated rings. The third kappa shape index (κ3) is 6.80. The first-order valence-corrected chi connectivity index (χ1v) is 13.9. The van der Waals surface area contributed by atoms with Gasteiger partial charge in [0.15, 0.2) is 11.5 Å². The summed E-state index contributed by atoms with van der Waals surface area (Å²) in [6.45, 7) is 5.77. The molecule has 0 aromatic heterocycles. The van der Waals surface area contributed by atoms with Crippen LogP contribution >= 0.6 is 0 Å². The van der Waals surface area contributed by atoms with Crippen LogP contribution in [-0.4, -0.2) is 37.3 Å². The fourth-order valence-electron chi connectivity index (χ4n) is 5.40. The first kappa shape index (κ1) is 28.0. The van der Waals surface area contributed by atoms with Gasteiger partial charge in [-0.05, 0) is 93.0 Å². The molecule has 5 rings (SSSR count). The van der Waals surface area contributed by atoms with Gasteiger partial charge in [-0.1, -0.05) is 36.2 Å². The molecule has 0 bridgehead atoms. The number of carbonyl (C=O) groups is 3. The van der Waals surface area contributed by atoms with E-state index in [2.05, 4.69) is 16.0 Å². The van der Waals surface area contributed by atoms with Gasteiger partial charge in [-0.3, -0.25) is 9.59 Å². The predicted octanol–water partition coefficient (Wildman–Crippen LogP) is 6.26. The van der Waals surface area contributed by atoms with E-state index in [0.717, 1.165) is 59.9 Å². The van der Waals surface area contributed by atoms with Gasteiger partial charge in [0, 0.05) is 5.69 Å². The standard InChI is InChI=1S/C32H35N3O6/c1-19-13-20(2)30(21(3)14-19)35-32(38)34-26-15-22(23-10-12-27-28(16-23)40-18-39-27)9-11-25(26)31(37)33-17-29(36)41-24-7-5-4-6-8-24/h9-16,24H,4-8,17-18H2,1-3H3,(H,33,37)(H2,34,35,38). The van der Waals surface area contributed by atoms with Gasteiger partial charge in [-0.15, -0.1) is 0 Å². The van der Waals surface area contributed by atoms with Crippen LogP contribution < -0.4 is 25.4 Å². The molecule has 1 aliphatic heterocycles. The van der Waals surface area contributed by atoms with Crippen LogP contribution in [0, 0.1) is 20.8 Å². The maximum absolute atomic E-state index is 13.2. The first-order valence-electron chi connectivity index (χ1n) is 13.9. The number of aryl methyl sites for hydroxylation is 3. The Labute approximate surface area is 239 Å². The number of ether oxygens (including phenoxy) is 3. The van der Waals surface area contributed by atoms with Crippen molar-refractivity contribution in [2.75, 3.05) is 24.0 Å². The molecule has 0 spiro atoms. The van der Waals surface area contributed by atoms with E-state index in [4.69, 9.17) is 14.2 Å². The minimum absolute atomic E-state index is 0.0938. The summed E-state index contributed by atoms with van der Waals surface area (Å²) in [5.41, 5.74) is 5.76. The van der Waals surface area contributed by atoms with Crippen molar-refractivity contribution in [3.05, 3.63) is 70.8 Å². The zero-order chi connectivity index (χ0) is 28.9. The topological polar surface area (TPSA) is 115 Å². The molecule has 0 saturated heterocycles. The molecular formula is C32H35N3O6. The second kappa shape index (κ2) is 12.3. The van der Waals surface area contributed by atoms with E-state index in [0.29, 0.717) is 22.9 Å². The molecule has 1 heterocycles. The third-order valence-electron chi connectivity index (χ3n) is 7.38. The van der Waals surface area contributed by atoms with E-state index in [-0.39, 0.29) is 25.0 Å². The SMILES string of the molecule is Cc1cc(C)c(NC(=O)Nc2cc(-c3ccc4c(c3)OCO4)ccc2C(=O)NCC(=O)OC2CCCCC2)c(C)c1. The molecule has 0 atom stereocenters. The lowest BCUT2D eigenvalue weighted by Crippen LogP contribution is -2.33. The fourth-order valence-corrected chi connectivity index (χ4v) is 5.40. The van der Waals surface area contributed by atoms with Crippen molar-refractivity contribution in [3.63, 3.8) is 0 Å². The molecule has 214 valence electrons. The number of esters is 1. The van der Waals surface area contributed by atoms with Crippen molar-refractivity contribution >= 4 is 29.3 Å². The van der Waals surface area contributed by atoms with E-state index in [9.17, 15) is 14.4 Å². The van der Waals surface area contributed by atoms with Crippen molar-refractivity contribution in [1.29, 1.82) is 0 Å². The number of hydrogen-bond donors (Lipinski definition) is 3. The van der Waals surface area contributed by atoms with Crippen molar-refractivity contribution in [3.8, 4) is 22.6 Å². The van der Waals surface area contributed by atoms with Gasteiger partial charge in [0.25, 0.3) is 5.91 Å². The summed E-state index contributed by atoms with van der Waals surface area (Å²) in [6, 6.07) is 14.2. The molecule has 3 aromatic rings. The summed E-state index contributed by atoms with van der Waals surface area (Å²) in [7, 11) is 0. The van der Waals surface area contributed by atoms with Crippen LogP contribution in [0.1, 0.15) is 59.2 Å². The van der Waals surface area contributed by atoms with Crippen LogP contribution in [0.2, 0.25) is 0 Å². The average Bonchev–Trinajstić information content (AvgIpc) is 3.42. The minimum atomic E-state index is -0.499. The van der Waals surface area contributed by atoms with Gasteiger partial charge in [0.1, 0.15) is 12.6 Å². The number of urea groups is 1. The van der Waals surface area contributed by atoms with E-state index in [1.807, 2.05) is 51.1 Å². The van der Waals surface area contributed by atoms with Gasteiger partial charge in [0.05, 0.1) is 11.3 Å². The molecule has 1 saturated carbocycles. The molecule has 2 aliphatic rings. The molecule has 9 nitrogen and oxygen atoms in total. The summed E-state index contributed by atoms with van der Waals surface area (Å²) in [4.78, 5) is 38.8. The van der Waals surface area contributed by atoms with Gasteiger partial charge < -0.3 is 30.2 Å². The number of nitrogens with one attached hydrogen (secondary N) is 3. The lowest BCUT2D eigenvalue weighted by Gasteiger charge is -2.22. The summed E-state index contributed by atoms with van der Waals surface area (Å²) in [5, 5.41) is 8.41. The molecule has 9 heteroatoms. The van der Waals surface area contributed by atoms with E-state index < -0.39 is 17.9 Å². The number of hydrogen-bond acceptors (Lipinski definition) is 6. The lowest BCUT2D eigenvalue weighted by atomic mass is 9.98. The zero-order valence-electron chi connectivity index (χ0n) is 23.6. The van der Waals surface area contributed by atoms with Gasteiger partial charge >= 0.3 is 12.0 Å². The van der Waals surface area contributed by atoms with Crippen molar-refractivity contribution in [2.45, 2.75) is 59.0 Å². The van der Waals surface area contributed by atoms with Crippen LogP contribution in [0.5, 0.6) is 11.5 Å². The Morgan fingerprint density at radius 3 is 2.27 bits per heavy atom. The highest BCUT2D eigenvalue weighted by Gasteiger charge is 2.21. The Morgan fingerprint density at radius 2 is 1.51 bits per heavy atom. The molecule has 41 heavy (non-hydrogen) atoms. The second-order valence-corrected chi connectivity index (χ2v) is 10.6. The van der Waals surface area contributed by atoms with Crippen molar-refractivity contribution < 1.29 is 28.6 Å². The predicted molar refractivity (Wildman–Crippen MR) is 157 cm³/mol. The van der Waals surface area contributed by atoms with E-state index >= 15 is 0 Å². The number of anilines is 2. The Balaban J connectivity index is 1.36. The molecule has 3 N–H and O–H groups in total. The molecule has 0 radical (unpaired) electrons. The van der Waals surface area contributed by atoms with Crippen LogP contribution in [0.3, 0.4) is 0 Å². The summed E-state index contributed by atoms with van der Waals surface area (Å²) in [5.74, 6) is 0.311. The Bertz CT molecular complexity index is 1460. The number of carbonyl (C=O) groups excluding carboxylic acids is 3. The van der Waals surface area contributed by atoms with Crippen molar-refractivity contribution in [2.24, 2.45) is 0 Å². The van der Waals surface area contributed by atoms with Crippen molar-refractivity contribution in [1.82, 2.24) is 5.32 Å². The summed E-state index contributed by atoms with van der Waals surface area (Å²) in [6.07, 6.45) is 4.84. The van der Waals surface area contributed by atoms with Crippen LogP contribution in [0.15, 0.2) is 48.5 Å². The molecule has 3 amide bonds. The second-order valence-electron chi connectivity index (χ2n) is 10.6. The fraction of sp³-hybridized carbons (Fsp3) is 0.344. The third-order valence-corrected chi connectivity index (χ3v) is 7.38. The van der Waals surface area contributed by atoms with Gasteiger partial charge in [-0.2, -0.15) is 0 Å². The first-order chi connectivity index (χ1) is 19.8. The molecule has 1 aliphatic carbocycles. The summed E-state index contributed by atoms with van der Waals surface area (Å²) >= 11 is 0. The number of benzene rings is 3. The van der Waals surface area contributed by atoms with Crippen LogP contribution in [0.4, 0.5) is 16.2 Å². The quantitative estimate of drug-likeness (QED) is 0.296. The summed E-state index contributed by atoms with van der Waals surface area (Å²) < 4.78 is 16.5. The Hall–Kier alpha value is -4.53. The largest absolute Gasteiger partial charge is 0.461 e. The highest BCUT2D eigenvalue weighted by atomic mass is 16.7. The molecule has 3 aromatic carbocycles. The molecular weight excluding hydrogens is 522 g/mol. The maximum atomic E-state index is 13.2. The monoisotopic (exact) mass is 557 g/mol. The molecule has 0 unspecified atom stereocenters. The number of amides is 3. The van der Waals surface area contributed by atoms with Crippen LogP contribution in [-0.2, 0) is 9.53 Å². The zero-order valence-corrected chi connectivity index (χ0v) is 23.6. The van der Waals surface area contributed by atoms with Gasteiger partial charge in [0.2, 0.25) is 6.79 Å². The smallest absolute Gasteiger partial charge is 0.325 e. The van der Waals surface area contributed by atoms with E-state index in [1.54, 1.807) is 18.2 Å². The lowest BCUT2D eigenvalue weighted by molar-refractivity contribution is -0.149. The Kier molecular flexibility index (Phi) is 8.42. The van der Waals surface area contributed by atoms with E-state index in [1.165, 1.54) is 0 Å². The normalized spacial score (nSPS) is 14.3. The highest BCUT2D eigenvalue weighted by Crippen LogP contribution is 2.37. The Morgan fingerprint density at radius 1 is 0.829 bits per heavy atom. The number of fused-ring (bicyclic) bond motifs is 1. The minimum Gasteiger partial charge on any atom is -0.461 e. The maximum Gasteiger partial charge on any atom is 0.325 e. The average molecular weight is 558 g/mol. The number of rotatable bonds is 7. The van der Waals surface area contributed by atoms with Gasteiger partial charge in [-0.25, -0.2) is 4.79 Å². The van der Waals surface area contributed by atoms with Crippen LogP contribution in [0.25, 0.3) is 11.1 Å². The highest BCUT2D eigenvalue weighted by molar-refractivity contribution is 6.08.